The minimum Gasteiger partial charge on any atom is -0.365 e. The van der Waals surface area contributed by atoms with Crippen LogP contribution in [0.3, 0.4) is 0 Å². The molecule has 1 aliphatic rings. The van der Waals surface area contributed by atoms with Crippen molar-refractivity contribution in [2.45, 2.75) is 13.1 Å². The monoisotopic (exact) mass is 314 g/mol. The molecular weight excluding hydrogens is 299 g/mol. The summed E-state index contributed by atoms with van der Waals surface area (Å²) < 4.78 is 17.7. The first kappa shape index (κ1) is 13.9. The third-order valence-corrected chi connectivity index (χ3v) is 4.19. The van der Waals surface area contributed by atoms with E-state index in [1.807, 2.05) is 0 Å². The maximum atomic E-state index is 14.3. The molecule has 7 nitrogen and oxygen atoms in total. The zero-order valence-electron chi connectivity index (χ0n) is 12.5. The van der Waals surface area contributed by atoms with Gasteiger partial charge in [0.2, 0.25) is 0 Å². The standard InChI is InChI=1S/C15H15FN6O/c1-21-11-5-8(4-10(16)9(11)6-19-21)14-13(15(17)23)12-7-18-2-3-22(12)20-14/h4-6,18H,2-3,7H2,1H3,(H2,17,23). The van der Waals surface area contributed by atoms with Crippen molar-refractivity contribution in [1.29, 1.82) is 0 Å². The lowest BCUT2D eigenvalue weighted by molar-refractivity contribution is 0.0999. The molecule has 0 atom stereocenters. The van der Waals surface area contributed by atoms with Crippen LogP contribution in [0.5, 0.6) is 0 Å². The summed E-state index contributed by atoms with van der Waals surface area (Å²) in [5, 5.41) is 12.2. The molecule has 3 aromatic rings. The molecule has 0 spiro atoms. The zero-order chi connectivity index (χ0) is 16.1. The van der Waals surface area contributed by atoms with Crippen LogP contribution in [-0.2, 0) is 20.1 Å². The van der Waals surface area contributed by atoms with E-state index in [1.165, 1.54) is 12.3 Å². The van der Waals surface area contributed by atoms with E-state index in [9.17, 15) is 9.18 Å². The molecule has 0 bridgehead atoms. The number of carbonyl (C=O) groups is 1. The average Bonchev–Trinajstić information content (AvgIpc) is 3.09. The van der Waals surface area contributed by atoms with E-state index in [0.29, 0.717) is 40.8 Å². The number of nitrogens with one attached hydrogen (secondary N) is 1. The molecule has 0 unspecified atom stereocenters. The maximum absolute atomic E-state index is 14.3. The summed E-state index contributed by atoms with van der Waals surface area (Å²) in [6, 6.07) is 3.15. The normalized spacial score (nSPS) is 14.2. The quantitative estimate of drug-likeness (QED) is 0.731. The smallest absolute Gasteiger partial charge is 0.252 e. The van der Waals surface area contributed by atoms with Crippen LogP contribution >= 0.6 is 0 Å². The summed E-state index contributed by atoms with van der Waals surface area (Å²) in [7, 11) is 1.74. The molecule has 8 heteroatoms. The van der Waals surface area contributed by atoms with Crippen molar-refractivity contribution in [3.63, 3.8) is 0 Å². The maximum Gasteiger partial charge on any atom is 0.252 e. The molecule has 0 aliphatic carbocycles. The minimum absolute atomic E-state index is 0.345. The highest BCUT2D eigenvalue weighted by Crippen LogP contribution is 2.30. The Labute approximate surface area is 130 Å². The number of nitrogens with two attached hydrogens (primary N) is 1. The molecule has 2 aromatic heterocycles. The van der Waals surface area contributed by atoms with Crippen LogP contribution in [0.25, 0.3) is 22.2 Å². The van der Waals surface area contributed by atoms with Crippen molar-refractivity contribution in [3.05, 3.63) is 35.4 Å². The fourth-order valence-electron chi connectivity index (χ4n) is 3.06. The molecular formula is C15H15FN6O. The van der Waals surface area contributed by atoms with Crippen LogP contribution in [0.15, 0.2) is 18.3 Å². The van der Waals surface area contributed by atoms with Gasteiger partial charge in [-0.2, -0.15) is 10.2 Å². The van der Waals surface area contributed by atoms with Gasteiger partial charge >= 0.3 is 0 Å². The Bertz CT molecular complexity index is 941. The van der Waals surface area contributed by atoms with Gasteiger partial charge in [0.25, 0.3) is 5.91 Å². The van der Waals surface area contributed by atoms with E-state index in [2.05, 4.69) is 15.5 Å². The van der Waals surface area contributed by atoms with Crippen LogP contribution in [-0.4, -0.2) is 32.0 Å². The Balaban J connectivity index is 1.99. The first-order valence-electron chi connectivity index (χ1n) is 7.28. The van der Waals surface area contributed by atoms with Gasteiger partial charge in [-0.15, -0.1) is 0 Å². The van der Waals surface area contributed by atoms with Crippen LogP contribution in [0, 0.1) is 5.82 Å². The fourth-order valence-corrected chi connectivity index (χ4v) is 3.06. The summed E-state index contributed by atoms with van der Waals surface area (Å²) in [4.78, 5) is 11.9. The highest BCUT2D eigenvalue weighted by Gasteiger charge is 2.25. The SMILES string of the molecule is Cn1ncc2c(F)cc(-c3nn4c(c3C(N)=O)CNCC4)cc21. The first-order chi connectivity index (χ1) is 11.1. The number of amides is 1. The second kappa shape index (κ2) is 4.88. The summed E-state index contributed by atoms with van der Waals surface area (Å²) >= 11 is 0. The third kappa shape index (κ3) is 2.02. The number of benzene rings is 1. The molecule has 0 radical (unpaired) electrons. The van der Waals surface area contributed by atoms with Gasteiger partial charge in [-0.1, -0.05) is 0 Å². The topological polar surface area (TPSA) is 90.8 Å². The molecule has 0 saturated carbocycles. The number of primary amides is 1. The number of fused-ring (bicyclic) bond motifs is 2. The van der Waals surface area contributed by atoms with E-state index in [0.717, 1.165) is 12.2 Å². The molecule has 3 N–H and O–H groups in total. The van der Waals surface area contributed by atoms with Gasteiger partial charge in [0.1, 0.15) is 11.5 Å². The number of hydrogen-bond acceptors (Lipinski definition) is 4. The van der Waals surface area contributed by atoms with Crippen molar-refractivity contribution in [2.75, 3.05) is 6.54 Å². The lowest BCUT2D eigenvalue weighted by Gasteiger charge is -2.15. The van der Waals surface area contributed by atoms with Crippen molar-refractivity contribution in [3.8, 4) is 11.3 Å². The van der Waals surface area contributed by atoms with Crippen molar-refractivity contribution in [1.82, 2.24) is 24.9 Å². The van der Waals surface area contributed by atoms with Gasteiger partial charge < -0.3 is 11.1 Å². The third-order valence-electron chi connectivity index (χ3n) is 4.19. The molecule has 3 heterocycles. The number of halogens is 1. The Hall–Kier alpha value is -2.74. The van der Waals surface area contributed by atoms with Crippen LogP contribution in [0.4, 0.5) is 4.39 Å². The number of nitrogens with zero attached hydrogens (tertiary/aromatic N) is 4. The summed E-state index contributed by atoms with van der Waals surface area (Å²) in [6.07, 6.45) is 1.48. The second-order valence-corrected chi connectivity index (χ2v) is 5.59. The summed E-state index contributed by atoms with van der Waals surface area (Å²) in [6.45, 7) is 1.93. The molecule has 118 valence electrons. The van der Waals surface area contributed by atoms with Crippen LogP contribution in [0.1, 0.15) is 16.1 Å². The van der Waals surface area contributed by atoms with Gasteiger partial charge in [-0.05, 0) is 12.1 Å². The Kier molecular flexibility index (Phi) is 2.95. The minimum atomic E-state index is -0.560. The number of rotatable bonds is 2. The predicted molar refractivity (Wildman–Crippen MR) is 82.1 cm³/mol. The summed E-state index contributed by atoms with van der Waals surface area (Å²) in [5.41, 5.74) is 8.21. The Morgan fingerprint density at radius 1 is 1.43 bits per heavy atom. The number of aryl methyl sites for hydroxylation is 1. The van der Waals surface area contributed by atoms with E-state index in [4.69, 9.17) is 5.73 Å². The van der Waals surface area contributed by atoms with Gasteiger partial charge in [-0.3, -0.25) is 14.2 Å². The highest BCUT2D eigenvalue weighted by atomic mass is 19.1. The molecule has 1 amide bonds. The largest absolute Gasteiger partial charge is 0.365 e. The van der Waals surface area contributed by atoms with Gasteiger partial charge in [0.15, 0.2) is 0 Å². The van der Waals surface area contributed by atoms with E-state index < -0.39 is 11.7 Å². The van der Waals surface area contributed by atoms with E-state index in [1.54, 1.807) is 22.5 Å². The Morgan fingerprint density at radius 2 is 2.26 bits per heavy atom. The van der Waals surface area contributed by atoms with Crippen LogP contribution < -0.4 is 11.1 Å². The lowest BCUT2D eigenvalue weighted by atomic mass is 10.0. The number of hydrogen-bond donors (Lipinski definition) is 2. The summed E-state index contributed by atoms with van der Waals surface area (Å²) in [5.74, 6) is -0.958. The molecule has 4 rings (SSSR count). The number of carbonyl (C=O) groups excluding carboxylic acids is 1. The highest BCUT2D eigenvalue weighted by molar-refractivity contribution is 6.01. The second-order valence-electron chi connectivity index (χ2n) is 5.59. The molecule has 1 aromatic carbocycles. The average molecular weight is 314 g/mol. The van der Waals surface area contributed by atoms with Crippen molar-refractivity contribution in [2.24, 2.45) is 12.8 Å². The molecule has 1 aliphatic heterocycles. The molecule has 0 fully saturated rings. The first-order valence-corrected chi connectivity index (χ1v) is 7.28. The van der Waals surface area contributed by atoms with Crippen molar-refractivity contribution < 1.29 is 9.18 Å². The zero-order valence-corrected chi connectivity index (χ0v) is 12.5. The molecule has 0 saturated heterocycles. The van der Waals surface area contributed by atoms with Gasteiger partial charge in [0, 0.05) is 25.7 Å². The molecule has 23 heavy (non-hydrogen) atoms. The van der Waals surface area contributed by atoms with Crippen LogP contribution in [0.2, 0.25) is 0 Å². The van der Waals surface area contributed by atoms with E-state index >= 15 is 0 Å². The Morgan fingerprint density at radius 3 is 3.04 bits per heavy atom. The fraction of sp³-hybridized carbons (Fsp3) is 0.267. The van der Waals surface area contributed by atoms with Gasteiger partial charge in [-0.25, -0.2) is 4.39 Å². The predicted octanol–water partition coefficient (Wildman–Crippen LogP) is 0.778. The van der Waals surface area contributed by atoms with Crippen molar-refractivity contribution >= 4 is 16.8 Å². The van der Waals surface area contributed by atoms with E-state index in [-0.39, 0.29) is 0 Å². The van der Waals surface area contributed by atoms with Gasteiger partial charge in [0.05, 0.1) is 34.9 Å². The number of aromatic nitrogens is 4. The lowest BCUT2D eigenvalue weighted by Crippen LogP contribution is -2.30.